The second-order valence-electron chi connectivity index (χ2n) is 9.22. The first-order chi connectivity index (χ1) is 11.4. The highest BCUT2D eigenvalue weighted by molar-refractivity contribution is 5.80. The van der Waals surface area contributed by atoms with Crippen molar-refractivity contribution >= 4 is 5.97 Å². The number of aliphatic carboxylic acids is 1. The lowest BCUT2D eigenvalue weighted by molar-refractivity contribution is -0.268. The molecule has 5 heteroatoms. The van der Waals surface area contributed by atoms with Crippen LogP contribution in [0.15, 0.2) is 11.6 Å². The molecule has 5 nitrogen and oxygen atoms in total. The second kappa shape index (κ2) is 6.67. The molecule has 0 radical (unpaired) electrons. The van der Waals surface area contributed by atoms with Gasteiger partial charge in [0.1, 0.15) is 0 Å². The molecule has 0 saturated heterocycles. The van der Waals surface area contributed by atoms with Crippen molar-refractivity contribution in [3.8, 4) is 0 Å². The number of carboxylic acid groups (broad SMARTS) is 1. The predicted molar refractivity (Wildman–Crippen MR) is 96.0 cm³/mol. The number of carbonyl (C=O) groups is 1. The van der Waals surface area contributed by atoms with Crippen molar-refractivity contribution in [1.29, 1.82) is 0 Å². The van der Waals surface area contributed by atoms with Crippen LogP contribution < -0.4 is 0 Å². The van der Waals surface area contributed by atoms with E-state index in [1.807, 2.05) is 20.8 Å². The summed E-state index contributed by atoms with van der Waals surface area (Å²) in [5, 5.41) is 41.4. The molecule has 2 saturated carbocycles. The Hall–Kier alpha value is -0.910. The molecule has 4 N–H and O–H groups in total. The van der Waals surface area contributed by atoms with Crippen molar-refractivity contribution in [2.75, 3.05) is 0 Å². The number of hydrogen-bond acceptors (Lipinski definition) is 4. The van der Waals surface area contributed by atoms with Crippen LogP contribution in [0.25, 0.3) is 0 Å². The minimum absolute atomic E-state index is 0.130. The van der Waals surface area contributed by atoms with Gasteiger partial charge in [0.15, 0.2) is 0 Å². The van der Waals surface area contributed by atoms with Crippen LogP contribution in [0.2, 0.25) is 0 Å². The van der Waals surface area contributed by atoms with Gasteiger partial charge in [-0.1, -0.05) is 33.3 Å². The van der Waals surface area contributed by atoms with Gasteiger partial charge in [0.2, 0.25) is 0 Å². The highest BCUT2D eigenvalue weighted by atomic mass is 16.4. The maximum Gasteiger partial charge on any atom is 0.328 e. The van der Waals surface area contributed by atoms with Gasteiger partial charge in [0.25, 0.3) is 0 Å². The van der Waals surface area contributed by atoms with Gasteiger partial charge in [0.05, 0.1) is 17.8 Å². The first-order valence-corrected chi connectivity index (χ1v) is 9.35. The van der Waals surface area contributed by atoms with Crippen LogP contribution in [0, 0.1) is 22.7 Å². The summed E-state index contributed by atoms with van der Waals surface area (Å²) < 4.78 is 0. The fourth-order valence-electron chi connectivity index (χ4n) is 5.34. The fourth-order valence-corrected chi connectivity index (χ4v) is 5.34. The van der Waals surface area contributed by atoms with E-state index < -0.39 is 29.2 Å². The van der Waals surface area contributed by atoms with Crippen molar-refractivity contribution in [2.24, 2.45) is 22.7 Å². The standard InChI is InChI=1S/C20H34O5/c1-12(10-16(22)23)6-8-19(5)13(2)7-9-20(25)15(19)11-14(21)17(24)18(20,3)4/h10,13-15,17,21,24-25H,6-9,11H2,1-5H3,(H,22,23). The SMILES string of the molecule is CC(=CC(=O)O)CCC1(C)C(C)CCC2(O)C1CC(O)C(O)C2(C)C. The average Bonchev–Trinajstić information content (AvgIpc) is 2.50. The summed E-state index contributed by atoms with van der Waals surface area (Å²) in [4.78, 5) is 10.9. The lowest BCUT2D eigenvalue weighted by Gasteiger charge is -2.64. The third-order valence-electron chi connectivity index (χ3n) is 7.58. The van der Waals surface area contributed by atoms with E-state index >= 15 is 0 Å². The molecule has 0 aromatic rings. The first-order valence-electron chi connectivity index (χ1n) is 9.35. The summed E-state index contributed by atoms with van der Waals surface area (Å²) >= 11 is 0. The van der Waals surface area contributed by atoms with Gasteiger partial charge < -0.3 is 20.4 Å². The molecule has 144 valence electrons. The number of rotatable bonds is 4. The summed E-state index contributed by atoms with van der Waals surface area (Å²) in [6.07, 6.45) is 2.72. The van der Waals surface area contributed by atoms with E-state index in [4.69, 9.17) is 5.11 Å². The zero-order valence-corrected chi connectivity index (χ0v) is 16.1. The van der Waals surface area contributed by atoms with E-state index in [1.165, 1.54) is 6.08 Å². The second-order valence-corrected chi connectivity index (χ2v) is 9.22. The molecule has 0 bridgehead atoms. The lowest BCUT2D eigenvalue weighted by atomic mass is 9.44. The zero-order valence-electron chi connectivity index (χ0n) is 16.1. The molecule has 0 amide bonds. The molecule has 2 fully saturated rings. The summed E-state index contributed by atoms with van der Waals surface area (Å²) in [5.41, 5.74) is -1.23. The topological polar surface area (TPSA) is 98.0 Å². The first kappa shape index (κ1) is 20.4. The minimum Gasteiger partial charge on any atom is -0.478 e. The molecule has 2 aliphatic carbocycles. The summed E-state index contributed by atoms with van der Waals surface area (Å²) in [6, 6.07) is 0. The summed E-state index contributed by atoms with van der Waals surface area (Å²) in [5.74, 6) is -0.711. The molecule has 0 aromatic heterocycles. The molecule has 2 aliphatic rings. The van der Waals surface area contributed by atoms with Crippen molar-refractivity contribution in [1.82, 2.24) is 0 Å². The quantitative estimate of drug-likeness (QED) is 0.582. The van der Waals surface area contributed by atoms with Crippen molar-refractivity contribution in [2.45, 2.75) is 84.5 Å². The van der Waals surface area contributed by atoms with Crippen LogP contribution in [-0.2, 0) is 4.79 Å². The largest absolute Gasteiger partial charge is 0.478 e. The third-order valence-corrected chi connectivity index (χ3v) is 7.58. The van der Waals surface area contributed by atoms with Crippen LogP contribution in [0.1, 0.15) is 66.7 Å². The van der Waals surface area contributed by atoms with Gasteiger partial charge in [0, 0.05) is 11.5 Å². The highest BCUT2D eigenvalue weighted by Gasteiger charge is 2.65. The molecular weight excluding hydrogens is 320 g/mol. The maximum atomic E-state index is 11.6. The van der Waals surface area contributed by atoms with Gasteiger partial charge >= 0.3 is 5.97 Å². The Morgan fingerprint density at radius 2 is 1.84 bits per heavy atom. The molecule has 0 aromatic carbocycles. The Kier molecular flexibility index (Phi) is 5.45. The monoisotopic (exact) mass is 354 g/mol. The Bertz CT molecular complexity index is 554. The Morgan fingerprint density at radius 3 is 2.40 bits per heavy atom. The van der Waals surface area contributed by atoms with Gasteiger partial charge in [-0.25, -0.2) is 4.79 Å². The van der Waals surface area contributed by atoms with Crippen LogP contribution >= 0.6 is 0 Å². The van der Waals surface area contributed by atoms with E-state index in [0.717, 1.165) is 18.4 Å². The number of allylic oxidation sites excluding steroid dienone is 1. The number of hydrogen-bond donors (Lipinski definition) is 4. The van der Waals surface area contributed by atoms with E-state index in [2.05, 4.69) is 13.8 Å². The molecule has 0 spiro atoms. The minimum atomic E-state index is -1.03. The predicted octanol–water partition coefficient (Wildman–Crippen LogP) is 2.73. The molecule has 25 heavy (non-hydrogen) atoms. The van der Waals surface area contributed by atoms with E-state index in [1.54, 1.807) is 0 Å². The van der Waals surface area contributed by atoms with Gasteiger partial charge in [-0.2, -0.15) is 0 Å². The Morgan fingerprint density at radius 1 is 1.24 bits per heavy atom. The van der Waals surface area contributed by atoms with E-state index in [0.29, 0.717) is 25.2 Å². The van der Waals surface area contributed by atoms with Gasteiger partial charge in [-0.3, -0.25) is 0 Å². The van der Waals surface area contributed by atoms with Gasteiger partial charge in [-0.15, -0.1) is 0 Å². The molecule has 6 atom stereocenters. The molecule has 2 rings (SSSR count). The smallest absolute Gasteiger partial charge is 0.328 e. The summed E-state index contributed by atoms with van der Waals surface area (Å²) in [7, 11) is 0. The fraction of sp³-hybridized carbons (Fsp3) is 0.850. The van der Waals surface area contributed by atoms with Crippen molar-refractivity contribution < 1.29 is 25.2 Å². The average molecular weight is 354 g/mol. The van der Waals surface area contributed by atoms with Crippen molar-refractivity contribution in [3.63, 3.8) is 0 Å². The van der Waals surface area contributed by atoms with Crippen LogP contribution in [0.5, 0.6) is 0 Å². The number of aliphatic hydroxyl groups excluding tert-OH is 2. The van der Waals surface area contributed by atoms with Crippen molar-refractivity contribution in [3.05, 3.63) is 11.6 Å². The maximum absolute atomic E-state index is 11.6. The molecule has 0 heterocycles. The van der Waals surface area contributed by atoms with E-state index in [9.17, 15) is 20.1 Å². The number of carboxylic acids is 1. The zero-order chi connectivity index (χ0) is 19.2. The Balaban J connectivity index is 2.35. The number of aliphatic hydroxyl groups is 3. The number of fused-ring (bicyclic) bond motifs is 1. The van der Waals surface area contributed by atoms with Crippen LogP contribution in [-0.4, -0.2) is 44.2 Å². The van der Waals surface area contributed by atoms with Gasteiger partial charge in [-0.05, 0) is 56.3 Å². The molecule has 0 aliphatic heterocycles. The van der Waals surface area contributed by atoms with E-state index in [-0.39, 0.29) is 11.3 Å². The molecule has 6 unspecified atom stereocenters. The van der Waals surface area contributed by atoms with Crippen LogP contribution in [0.4, 0.5) is 0 Å². The summed E-state index contributed by atoms with van der Waals surface area (Å²) in [6.45, 7) is 9.85. The lowest BCUT2D eigenvalue weighted by Crippen LogP contribution is -2.69. The Labute approximate surface area is 150 Å². The third kappa shape index (κ3) is 3.26. The molecular formula is C20H34O5. The highest BCUT2D eigenvalue weighted by Crippen LogP contribution is 2.62. The normalized spacial score (nSPS) is 44.2. The van der Waals surface area contributed by atoms with Crippen LogP contribution in [0.3, 0.4) is 0 Å².